The molecule has 0 aromatic carbocycles. The molecular formula is C6H9BrN4S. The normalized spacial score (nSPS) is 18.2. The van der Waals surface area contributed by atoms with Crippen LogP contribution in [0.25, 0.3) is 0 Å². The minimum absolute atomic E-state index is 0.870. The van der Waals surface area contributed by atoms with Crippen molar-refractivity contribution in [2.45, 2.75) is 0 Å². The van der Waals surface area contributed by atoms with E-state index in [1.54, 1.807) is 0 Å². The fourth-order valence-electron chi connectivity index (χ4n) is 1.24. The predicted octanol–water partition coefficient (Wildman–Crippen LogP) is 0.710. The number of hydrogen-bond acceptors (Lipinski definition) is 5. The molecule has 66 valence electrons. The maximum atomic E-state index is 4.22. The van der Waals surface area contributed by atoms with Crippen LogP contribution < -0.4 is 10.2 Å². The average Bonchev–Trinajstić information content (AvgIpc) is 2.53. The topological polar surface area (TPSA) is 41.1 Å². The van der Waals surface area contributed by atoms with E-state index >= 15 is 0 Å². The number of halogens is 1. The molecular weight excluding hydrogens is 240 g/mol. The van der Waals surface area contributed by atoms with Gasteiger partial charge in [-0.3, -0.25) is 0 Å². The Morgan fingerprint density at radius 3 is 2.67 bits per heavy atom. The monoisotopic (exact) mass is 248 g/mol. The summed E-state index contributed by atoms with van der Waals surface area (Å²) in [7, 11) is 0. The Morgan fingerprint density at radius 2 is 2.08 bits per heavy atom. The van der Waals surface area contributed by atoms with Gasteiger partial charge >= 0.3 is 0 Å². The van der Waals surface area contributed by atoms with Crippen LogP contribution in [0.5, 0.6) is 0 Å². The largest absolute Gasteiger partial charge is 0.351 e. The molecule has 4 nitrogen and oxygen atoms in total. The molecule has 0 aliphatic carbocycles. The van der Waals surface area contributed by atoms with Crippen molar-refractivity contribution < 1.29 is 0 Å². The summed E-state index contributed by atoms with van der Waals surface area (Å²) in [5, 5.41) is 3.29. The molecule has 1 aliphatic rings. The summed E-state index contributed by atoms with van der Waals surface area (Å²) in [6.45, 7) is 4.10. The van der Waals surface area contributed by atoms with Crippen molar-refractivity contribution in [2.24, 2.45) is 0 Å². The molecule has 12 heavy (non-hydrogen) atoms. The lowest BCUT2D eigenvalue weighted by Gasteiger charge is -2.27. The molecule has 6 heteroatoms. The standard InChI is InChI=1S/C6H9BrN4S/c7-5-6(10-12-9-5)11-3-1-8-2-4-11/h8H,1-4H2. The van der Waals surface area contributed by atoms with Gasteiger partial charge in [-0.2, -0.15) is 8.75 Å². The molecule has 0 spiro atoms. The fourth-order valence-corrected chi connectivity index (χ4v) is 2.36. The van der Waals surface area contributed by atoms with E-state index in [1.165, 1.54) is 11.7 Å². The van der Waals surface area contributed by atoms with Gasteiger partial charge in [0.05, 0.1) is 11.7 Å². The van der Waals surface area contributed by atoms with E-state index < -0.39 is 0 Å². The zero-order chi connectivity index (χ0) is 8.39. The molecule has 1 aromatic heterocycles. The summed E-state index contributed by atoms with van der Waals surface area (Å²) < 4.78 is 9.17. The number of rotatable bonds is 1. The second-order valence-electron chi connectivity index (χ2n) is 2.62. The van der Waals surface area contributed by atoms with E-state index in [9.17, 15) is 0 Å². The van der Waals surface area contributed by atoms with Crippen LogP contribution in [0, 0.1) is 0 Å². The fraction of sp³-hybridized carbons (Fsp3) is 0.667. The summed E-state index contributed by atoms with van der Waals surface area (Å²) in [6.07, 6.45) is 0. The van der Waals surface area contributed by atoms with Crippen LogP contribution in [0.1, 0.15) is 0 Å². The van der Waals surface area contributed by atoms with E-state index in [4.69, 9.17) is 0 Å². The lowest BCUT2D eigenvalue weighted by molar-refractivity contribution is 0.585. The van der Waals surface area contributed by atoms with Crippen molar-refractivity contribution in [1.82, 2.24) is 14.1 Å². The number of anilines is 1. The molecule has 1 saturated heterocycles. The number of piperazine rings is 1. The SMILES string of the molecule is Brc1nsnc1N1CCNCC1. The van der Waals surface area contributed by atoms with Crippen LogP contribution in [0.2, 0.25) is 0 Å². The van der Waals surface area contributed by atoms with Crippen molar-refractivity contribution in [3.8, 4) is 0 Å². The lowest BCUT2D eigenvalue weighted by Crippen LogP contribution is -2.43. The first-order valence-electron chi connectivity index (χ1n) is 3.81. The van der Waals surface area contributed by atoms with Crippen LogP contribution in [-0.4, -0.2) is 34.9 Å². The molecule has 1 fully saturated rings. The van der Waals surface area contributed by atoms with E-state index in [1.807, 2.05) is 0 Å². The molecule has 0 radical (unpaired) electrons. The first-order valence-corrected chi connectivity index (χ1v) is 5.34. The minimum atomic E-state index is 0.870. The Balaban J connectivity index is 2.13. The highest BCUT2D eigenvalue weighted by atomic mass is 79.9. The van der Waals surface area contributed by atoms with Gasteiger partial charge in [0.2, 0.25) is 0 Å². The second kappa shape index (κ2) is 3.68. The van der Waals surface area contributed by atoms with Crippen LogP contribution in [-0.2, 0) is 0 Å². The van der Waals surface area contributed by atoms with E-state index in [0.29, 0.717) is 0 Å². The van der Waals surface area contributed by atoms with Crippen molar-refractivity contribution >= 4 is 33.5 Å². The minimum Gasteiger partial charge on any atom is -0.351 e. The number of aromatic nitrogens is 2. The van der Waals surface area contributed by atoms with Gasteiger partial charge in [0.15, 0.2) is 10.4 Å². The quantitative estimate of drug-likeness (QED) is 0.795. The number of nitrogens with one attached hydrogen (secondary N) is 1. The van der Waals surface area contributed by atoms with Gasteiger partial charge in [0.25, 0.3) is 0 Å². The first kappa shape index (κ1) is 8.40. The summed E-state index contributed by atoms with van der Waals surface area (Å²) in [6, 6.07) is 0. The average molecular weight is 249 g/mol. The molecule has 0 bridgehead atoms. The molecule has 1 N–H and O–H groups in total. The first-order chi connectivity index (χ1) is 5.88. The van der Waals surface area contributed by atoms with Crippen LogP contribution in [0.3, 0.4) is 0 Å². The molecule has 2 heterocycles. The second-order valence-corrected chi connectivity index (χ2v) is 3.90. The van der Waals surface area contributed by atoms with Gasteiger partial charge in [-0.05, 0) is 15.9 Å². The molecule has 1 aliphatic heterocycles. The van der Waals surface area contributed by atoms with Gasteiger partial charge in [0, 0.05) is 26.2 Å². The highest BCUT2D eigenvalue weighted by Gasteiger charge is 2.15. The van der Waals surface area contributed by atoms with Gasteiger partial charge in [-0.25, -0.2) is 0 Å². The lowest BCUT2D eigenvalue weighted by atomic mass is 10.4. The van der Waals surface area contributed by atoms with Crippen molar-refractivity contribution in [1.29, 1.82) is 0 Å². The highest BCUT2D eigenvalue weighted by molar-refractivity contribution is 9.10. The molecule has 0 unspecified atom stereocenters. The third-order valence-electron chi connectivity index (χ3n) is 1.85. The Morgan fingerprint density at radius 1 is 1.33 bits per heavy atom. The Hall–Kier alpha value is -0.200. The maximum absolute atomic E-state index is 4.22. The highest BCUT2D eigenvalue weighted by Crippen LogP contribution is 2.23. The Bertz CT molecular complexity index is 258. The molecule has 2 rings (SSSR count). The van der Waals surface area contributed by atoms with Crippen molar-refractivity contribution in [2.75, 3.05) is 31.1 Å². The van der Waals surface area contributed by atoms with Crippen LogP contribution in [0.15, 0.2) is 4.60 Å². The third kappa shape index (κ3) is 1.60. The number of hydrogen-bond donors (Lipinski definition) is 1. The Kier molecular flexibility index (Phi) is 2.57. The van der Waals surface area contributed by atoms with Crippen molar-refractivity contribution in [3.63, 3.8) is 0 Å². The summed E-state index contributed by atoms with van der Waals surface area (Å²) >= 11 is 4.63. The summed E-state index contributed by atoms with van der Waals surface area (Å²) in [5.74, 6) is 0.988. The number of nitrogens with zero attached hydrogens (tertiary/aromatic N) is 3. The maximum Gasteiger partial charge on any atom is 0.177 e. The van der Waals surface area contributed by atoms with E-state index in [0.717, 1.165) is 36.6 Å². The van der Waals surface area contributed by atoms with E-state index in [2.05, 4.69) is 34.9 Å². The third-order valence-corrected chi connectivity index (χ3v) is 3.13. The van der Waals surface area contributed by atoms with E-state index in [-0.39, 0.29) is 0 Å². The van der Waals surface area contributed by atoms with Gasteiger partial charge in [0.1, 0.15) is 0 Å². The molecule has 0 amide bonds. The van der Waals surface area contributed by atoms with Gasteiger partial charge < -0.3 is 10.2 Å². The molecule has 1 aromatic rings. The van der Waals surface area contributed by atoms with Gasteiger partial charge in [-0.1, -0.05) is 0 Å². The molecule has 0 saturated carbocycles. The zero-order valence-electron chi connectivity index (χ0n) is 6.46. The smallest absolute Gasteiger partial charge is 0.177 e. The predicted molar refractivity (Wildman–Crippen MR) is 52.7 cm³/mol. The molecule has 0 atom stereocenters. The van der Waals surface area contributed by atoms with Gasteiger partial charge in [-0.15, -0.1) is 0 Å². The summed E-state index contributed by atoms with van der Waals surface area (Å²) in [4.78, 5) is 2.24. The van der Waals surface area contributed by atoms with Crippen molar-refractivity contribution in [3.05, 3.63) is 4.60 Å². The Labute approximate surface area is 83.4 Å². The van der Waals surface area contributed by atoms with Crippen LogP contribution in [0.4, 0.5) is 5.82 Å². The zero-order valence-corrected chi connectivity index (χ0v) is 8.86. The van der Waals surface area contributed by atoms with Crippen LogP contribution >= 0.6 is 27.7 Å². The summed E-state index contributed by atoms with van der Waals surface area (Å²) in [5.41, 5.74) is 0.